The van der Waals surface area contributed by atoms with Gasteiger partial charge in [-0.15, -0.1) is 11.3 Å². The van der Waals surface area contributed by atoms with Gasteiger partial charge in [0.05, 0.1) is 3.79 Å². The molecule has 0 aromatic carbocycles. The third-order valence-electron chi connectivity index (χ3n) is 2.58. The quantitative estimate of drug-likeness (QED) is 0.741. The van der Waals surface area contributed by atoms with Crippen molar-refractivity contribution >= 4 is 59.2 Å². The third kappa shape index (κ3) is 3.57. The monoisotopic (exact) mass is 457 g/mol. The van der Waals surface area contributed by atoms with Crippen LogP contribution in [0.4, 0.5) is 0 Å². The molecule has 2 heterocycles. The van der Waals surface area contributed by atoms with Gasteiger partial charge in [0.1, 0.15) is 4.90 Å². The largest absolute Gasteiger partial charge is 0.475 e. The molecule has 0 fully saturated rings. The van der Waals surface area contributed by atoms with Crippen LogP contribution >= 0.6 is 43.2 Å². The van der Waals surface area contributed by atoms with Crippen molar-refractivity contribution in [1.82, 2.24) is 4.31 Å². The van der Waals surface area contributed by atoms with E-state index in [1.54, 1.807) is 0 Å². The number of carboxylic acid groups (broad SMARTS) is 1. The summed E-state index contributed by atoms with van der Waals surface area (Å²) in [5.41, 5.74) is 0.830. The number of nitrogens with zero attached hydrogens (tertiary/aromatic N) is 1. The van der Waals surface area contributed by atoms with Crippen LogP contribution in [0, 0.1) is 0 Å². The highest BCUT2D eigenvalue weighted by Crippen LogP contribution is 2.29. The second-order valence-corrected chi connectivity index (χ2v) is 9.10. The lowest BCUT2D eigenvalue weighted by atomic mass is 10.3. The summed E-state index contributed by atoms with van der Waals surface area (Å²) in [6.45, 7) is 0.171. The van der Waals surface area contributed by atoms with E-state index >= 15 is 0 Å². The molecular weight excluding hydrogens is 450 g/mol. The van der Waals surface area contributed by atoms with Crippen LogP contribution in [0.15, 0.2) is 35.3 Å². The van der Waals surface area contributed by atoms with Crippen molar-refractivity contribution in [2.45, 2.75) is 11.4 Å². The maximum atomic E-state index is 12.4. The molecule has 2 aromatic rings. The fourth-order valence-electron chi connectivity index (χ4n) is 1.57. The lowest BCUT2D eigenvalue weighted by molar-refractivity contribution is 0.0661. The highest BCUT2D eigenvalue weighted by Gasteiger charge is 2.28. The minimum atomic E-state index is -3.85. The standard InChI is InChI=1S/C11H9Br2NO5S2/c1-14(4-6-2-9(12)20-5-6)21(17,18)8-3-7(11(15)16)19-10(8)13/h2-3,5H,4H2,1H3,(H,15,16). The third-order valence-corrected chi connectivity index (χ3v) is 6.80. The Hall–Kier alpha value is -0.680. The Morgan fingerprint density at radius 3 is 2.57 bits per heavy atom. The van der Waals surface area contributed by atoms with Gasteiger partial charge in [0.25, 0.3) is 0 Å². The van der Waals surface area contributed by atoms with Crippen LogP contribution in [-0.4, -0.2) is 30.8 Å². The number of rotatable bonds is 5. The van der Waals surface area contributed by atoms with Crippen molar-refractivity contribution in [3.8, 4) is 0 Å². The maximum absolute atomic E-state index is 12.4. The predicted molar refractivity (Wildman–Crippen MR) is 84.0 cm³/mol. The Morgan fingerprint density at radius 1 is 1.43 bits per heavy atom. The molecule has 0 aliphatic carbocycles. The summed E-state index contributed by atoms with van der Waals surface area (Å²) >= 11 is 7.70. The first-order valence-corrected chi connectivity index (χ1v) is 9.34. The van der Waals surface area contributed by atoms with Gasteiger partial charge in [-0.1, -0.05) is 0 Å². The van der Waals surface area contributed by atoms with Crippen LogP contribution in [-0.2, 0) is 16.6 Å². The second-order valence-electron chi connectivity index (χ2n) is 4.07. The summed E-state index contributed by atoms with van der Waals surface area (Å²) < 4.78 is 31.6. The Kier molecular flexibility index (Phi) is 4.93. The first kappa shape index (κ1) is 16.7. The van der Waals surface area contributed by atoms with E-state index in [-0.39, 0.29) is 16.1 Å². The zero-order valence-electron chi connectivity index (χ0n) is 10.5. The first-order chi connectivity index (χ1) is 9.71. The molecule has 0 aliphatic heterocycles. The Labute approximate surface area is 141 Å². The van der Waals surface area contributed by atoms with Crippen LogP contribution in [0.5, 0.6) is 0 Å². The summed E-state index contributed by atoms with van der Waals surface area (Å²) in [6, 6.07) is 2.81. The van der Waals surface area contributed by atoms with Gasteiger partial charge in [-0.05, 0) is 48.9 Å². The van der Waals surface area contributed by atoms with E-state index < -0.39 is 21.8 Å². The summed E-state index contributed by atoms with van der Waals surface area (Å²) in [5.74, 6) is -1.77. The topological polar surface area (TPSA) is 87.8 Å². The first-order valence-electron chi connectivity index (χ1n) is 5.43. The summed E-state index contributed by atoms with van der Waals surface area (Å²) in [7, 11) is -2.44. The number of furan rings is 1. The molecule has 0 unspecified atom stereocenters. The minimum absolute atomic E-state index is 0.127. The SMILES string of the molecule is CN(Cc1csc(Br)c1)S(=O)(=O)c1cc(C(=O)O)oc1Br. The normalized spacial score (nSPS) is 12.0. The van der Waals surface area contributed by atoms with Crippen molar-refractivity contribution in [3.05, 3.63) is 37.3 Å². The van der Waals surface area contributed by atoms with Gasteiger partial charge in [-0.2, -0.15) is 4.31 Å². The average molecular weight is 459 g/mol. The van der Waals surface area contributed by atoms with Crippen molar-refractivity contribution in [2.24, 2.45) is 0 Å². The number of sulfonamides is 1. The molecule has 0 spiro atoms. The van der Waals surface area contributed by atoms with E-state index in [1.807, 2.05) is 11.4 Å². The number of carbonyl (C=O) groups is 1. The summed E-state index contributed by atoms with van der Waals surface area (Å²) in [5, 5.41) is 10.7. The highest BCUT2D eigenvalue weighted by atomic mass is 79.9. The molecule has 0 atom stereocenters. The number of hydrogen-bond donors (Lipinski definition) is 1. The van der Waals surface area contributed by atoms with Gasteiger partial charge in [-0.3, -0.25) is 0 Å². The molecule has 6 nitrogen and oxygen atoms in total. The number of halogens is 2. The smallest absolute Gasteiger partial charge is 0.371 e. The number of aromatic carboxylic acids is 1. The van der Waals surface area contributed by atoms with Gasteiger partial charge < -0.3 is 9.52 Å². The molecule has 21 heavy (non-hydrogen) atoms. The molecule has 10 heteroatoms. The van der Waals surface area contributed by atoms with Gasteiger partial charge in [0, 0.05) is 19.7 Å². The van der Waals surface area contributed by atoms with E-state index in [4.69, 9.17) is 9.52 Å². The molecule has 0 bridgehead atoms. The predicted octanol–water partition coefficient (Wildman–Crippen LogP) is 3.39. The second kappa shape index (κ2) is 6.21. The highest BCUT2D eigenvalue weighted by molar-refractivity contribution is 9.11. The Balaban J connectivity index is 2.30. The minimum Gasteiger partial charge on any atom is -0.475 e. The van der Waals surface area contributed by atoms with E-state index in [9.17, 15) is 13.2 Å². The Morgan fingerprint density at radius 2 is 2.10 bits per heavy atom. The van der Waals surface area contributed by atoms with Crippen LogP contribution < -0.4 is 0 Å². The van der Waals surface area contributed by atoms with Crippen LogP contribution in [0.25, 0.3) is 0 Å². The number of carboxylic acids is 1. The zero-order chi connectivity index (χ0) is 15.8. The van der Waals surface area contributed by atoms with Gasteiger partial charge in [0.2, 0.25) is 15.8 Å². The van der Waals surface area contributed by atoms with Gasteiger partial charge >= 0.3 is 5.97 Å². The fourth-order valence-corrected chi connectivity index (χ4v) is 4.83. The van der Waals surface area contributed by atoms with Crippen molar-refractivity contribution in [2.75, 3.05) is 7.05 Å². The van der Waals surface area contributed by atoms with Crippen molar-refractivity contribution < 1.29 is 22.7 Å². The Bertz CT molecular complexity index is 780. The molecule has 0 saturated heterocycles. The zero-order valence-corrected chi connectivity index (χ0v) is 15.3. The van der Waals surface area contributed by atoms with Crippen molar-refractivity contribution in [3.63, 3.8) is 0 Å². The van der Waals surface area contributed by atoms with Crippen molar-refractivity contribution in [1.29, 1.82) is 0 Å². The number of thiophene rings is 1. The molecule has 0 saturated carbocycles. The van der Waals surface area contributed by atoms with Gasteiger partial charge in [-0.25, -0.2) is 13.2 Å². The van der Waals surface area contributed by atoms with Gasteiger partial charge in [0.15, 0.2) is 4.67 Å². The lowest BCUT2D eigenvalue weighted by Crippen LogP contribution is -2.26. The maximum Gasteiger partial charge on any atom is 0.371 e. The molecule has 2 rings (SSSR count). The van der Waals surface area contributed by atoms with E-state index in [0.29, 0.717) is 0 Å². The fraction of sp³-hybridized carbons (Fsp3) is 0.182. The summed E-state index contributed by atoms with van der Waals surface area (Å²) in [4.78, 5) is 10.6. The van der Waals surface area contributed by atoms with E-state index in [1.165, 1.54) is 18.4 Å². The molecule has 2 aromatic heterocycles. The van der Waals surface area contributed by atoms with Crippen LogP contribution in [0.3, 0.4) is 0 Å². The molecule has 0 radical (unpaired) electrons. The lowest BCUT2D eigenvalue weighted by Gasteiger charge is -2.15. The molecule has 0 aliphatic rings. The van der Waals surface area contributed by atoms with E-state index in [2.05, 4.69) is 31.9 Å². The van der Waals surface area contributed by atoms with Crippen LogP contribution in [0.2, 0.25) is 0 Å². The van der Waals surface area contributed by atoms with E-state index in [0.717, 1.165) is 19.7 Å². The molecule has 0 amide bonds. The average Bonchev–Trinajstić information content (AvgIpc) is 2.96. The number of hydrogen-bond acceptors (Lipinski definition) is 5. The van der Waals surface area contributed by atoms with Crippen LogP contribution in [0.1, 0.15) is 16.1 Å². The molecular formula is C11H9Br2NO5S2. The molecule has 1 N–H and O–H groups in total. The summed E-state index contributed by atoms with van der Waals surface area (Å²) in [6.07, 6.45) is 0. The molecule has 114 valence electrons.